The van der Waals surface area contributed by atoms with Crippen molar-refractivity contribution in [2.45, 2.75) is 13.8 Å². The molecule has 0 N–H and O–H groups in total. The molecule has 1 heterocycles. The minimum absolute atomic E-state index is 0.531. The Labute approximate surface area is 67.4 Å². The van der Waals surface area contributed by atoms with Gasteiger partial charge in [-0.1, -0.05) is 26.1 Å². The van der Waals surface area contributed by atoms with Crippen LogP contribution in [-0.4, -0.2) is 23.5 Å². The van der Waals surface area contributed by atoms with Crippen LogP contribution in [0.2, 0.25) is 0 Å². The molecule has 0 bridgehead atoms. The molecule has 1 nitrogen and oxygen atoms in total. The summed E-state index contributed by atoms with van der Waals surface area (Å²) in [6.45, 7) is 5.83. The van der Waals surface area contributed by atoms with Crippen LogP contribution >= 0.6 is 12.2 Å². The first-order chi connectivity index (χ1) is 4.55. The molecule has 1 aliphatic carbocycles. The highest BCUT2D eigenvalue weighted by atomic mass is 32.1. The molecule has 0 spiro atoms. The monoisotopic (exact) mass is 155 g/mol. The van der Waals surface area contributed by atoms with Crippen molar-refractivity contribution in [2.24, 2.45) is 17.3 Å². The van der Waals surface area contributed by atoms with Gasteiger partial charge in [-0.25, -0.2) is 0 Å². The Kier molecular flexibility index (Phi) is 1.02. The third-order valence-corrected chi connectivity index (χ3v) is 3.73. The SMILES string of the molecule is CN1C[C@@H]2[C@H](C1=S)C2(C)C. The summed E-state index contributed by atoms with van der Waals surface area (Å²) in [5.74, 6) is 1.59. The summed E-state index contributed by atoms with van der Waals surface area (Å²) in [5.41, 5.74) is 0.531. The largest absolute Gasteiger partial charge is 0.369 e. The van der Waals surface area contributed by atoms with E-state index in [1.165, 1.54) is 11.5 Å². The molecule has 2 rings (SSSR count). The second-order valence-electron chi connectivity index (χ2n) is 4.12. The lowest BCUT2D eigenvalue weighted by Gasteiger charge is -2.18. The average Bonchev–Trinajstić information content (AvgIpc) is 2.12. The summed E-state index contributed by atoms with van der Waals surface area (Å²) in [6, 6.07) is 0. The minimum Gasteiger partial charge on any atom is -0.369 e. The lowest BCUT2D eigenvalue weighted by atomic mass is 10.1. The highest BCUT2D eigenvalue weighted by molar-refractivity contribution is 7.80. The van der Waals surface area contributed by atoms with Crippen molar-refractivity contribution in [1.82, 2.24) is 4.90 Å². The molecule has 0 aromatic carbocycles. The van der Waals surface area contributed by atoms with Gasteiger partial charge < -0.3 is 4.90 Å². The predicted octanol–water partition coefficient (Wildman–Crippen LogP) is 1.53. The number of hydrogen-bond acceptors (Lipinski definition) is 1. The van der Waals surface area contributed by atoms with E-state index in [1.54, 1.807) is 0 Å². The van der Waals surface area contributed by atoms with Gasteiger partial charge >= 0.3 is 0 Å². The topological polar surface area (TPSA) is 3.24 Å². The van der Waals surface area contributed by atoms with Crippen molar-refractivity contribution < 1.29 is 0 Å². The second kappa shape index (κ2) is 1.55. The van der Waals surface area contributed by atoms with E-state index < -0.39 is 0 Å². The van der Waals surface area contributed by atoms with Crippen molar-refractivity contribution in [3.63, 3.8) is 0 Å². The molecule has 0 aromatic rings. The summed E-state index contributed by atoms with van der Waals surface area (Å²) in [5, 5.41) is 0. The zero-order chi connectivity index (χ0) is 7.52. The zero-order valence-electron chi connectivity index (χ0n) is 6.72. The van der Waals surface area contributed by atoms with Crippen molar-refractivity contribution in [3.05, 3.63) is 0 Å². The second-order valence-corrected chi connectivity index (χ2v) is 4.54. The predicted molar refractivity (Wildman–Crippen MR) is 46.0 cm³/mol. The van der Waals surface area contributed by atoms with Gasteiger partial charge in [0.25, 0.3) is 0 Å². The fraction of sp³-hybridized carbons (Fsp3) is 0.875. The van der Waals surface area contributed by atoms with E-state index in [1.807, 2.05) is 0 Å². The first-order valence-corrected chi connectivity index (χ1v) is 4.21. The molecule has 2 heteroatoms. The Bertz CT molecular complexity index is 197. The number of fused-ring (bicyclic) bond motifs is 1. The molecule has 2 aliphatic rings. The average molecular weight is 155 g/mol. The van der Waals surface area contributed by atoms with Crippen molar-refractivity contribution in [3.8, 4) is 0 Å². The summed E-state index contributed by atoms with van der Waals surface area (Å²) < 4.78 is 0. The van der Waals surface area contributed by atoms with Gasteiger partial charge in [0.2, 0.25) is 0 Å². The first kappa shape index (κ1) is 6.59. The van der Waals surface area contributed by atoms with Gasteiger partial charge in [-0.05, 0) is 11.3 Å². The molecular formula is C8H13NS. The number of nitrogens with zero attached hydrogens (tertiary/aromatic N) is 1. The molecule has 1 aliphatic heterocycles. The molecular weight excluding hydrogens is 142 g/mol. The van der Waals surface area contributed by atoms with Crippen LogP contribution in [0.4, 0.5) is 0 Å². The molecule has 1 saturated carbocycles. The summed E-state index contributed by atoms with van der Waals surface area (Å²) >= 11 is 5.28. The Morgan fingerprint density at radius 2 is 2.20 bits per heavy atom. The van der Waals surface area contributed by atoms with Gasteiger partial charge in [0.05, 0.1) is 4.99 Å². The van der Waals surface area contributed by atoms with Crippen LogP contribution < -0.4 is 0 Å². The molecule has 56 valence electrons. The quantitative estimate of drug-likeness (QED) is 0.488. The number of thiocarbonyl (C=S) groups is 1. The maximum absolute atomic E-state index is 5.28. The van der Waals surface area contributed by atoms with Gasteiger partial charge in [0.15, 0.2) is 0 Å². The third-order valence-electron chi connectivity index (χ3n) is 3.16. The van der Waals surface area contributed by atoms with Crippen LogP contribution in [0.1, 0.15) is 13.8 Å². The van der Waals surface area contributed by atoms with Crippen molar-refractivity contribution in [1.29, 1.82) is 0 Å². The molecule has 0 aromatic heterocycles. The van der Waals surface area contributed by atoms with Gasteiger partial charge in [0.1, 0.15) is 0 Å². The first-order valence-electron chi connectivity index (χ1n) is 3.80. The van der Waals surface area contributed by atoms with E-state index in [9.17, 15) is 0 Å². The Morgan fingerprint density at radius 1 is 1.60 bits per heavy atom. The molecule has 10 heavy (non-hydrogen) atoms. The third kappa shape index (κ3) is 0.559. The highest BCUT2D eigenvalue weighted by Crippen LogP contribution is 2.62. The van der Waals surface area contributed by atoms with Crippen LogP contribution in [0.25, 0.3) is 0 Å². The normalized spacial score (nSPS) is 41.9. The van der Waals surface area contributed by atoms with Gasteiger partial charge in [-0.15, -0.1) is 0 Å². The standard InChI is InChI=1S/C8H13NS/c1-8(2)5-4-9(3)7(10)6(5)8/h5-6H,4H2,1-3H3/t5-,6-/m1/s1. The molecule has 2 atom stereocenters. The Hall–Kier alpha value is -0.110. The Balaban J connectivity index is 2.21. The van der Waals surface area contributed by atoms with Crippen molar-refractivity contribution >= 4 is 17.2 Å². The summed E-state index contributed by atoms with van der Waals surface area (Å²) in [6.07, 6.45) is 0. The molecule has 1 saturated heterocycles. The maximum atomic E-state index is 5.28. The van der Waals surface area contributed by atoms with Gasteiger partial charge in [0, 0.05) is 19.5 Å². The van der Waals surface area contributed by atoms with Crippen LogP contribution in [0.3, 0.4) is 0 Å². The van der Waals surface area contributed by atoms with E-state index in [2.05, 4.69) is 25.8 Å². The van der Waals surface area contributed by atoms with Crippen LogP contribution in [-0.2, 0) is 0 Å². The molecule has 0 radical (unpaired) electrons. The van der Waals surface area contributed by atoms with E-state index >= 15 is 0 Å². The maximum Gasteiger partial charge on any atom is 0.0817 e. The van der Waals surface area contributed by atoms with Crippen LogP contribution in [0.15, 0.2) is 0 Å². The minimum atomic E-state index is 0.531. The number of rotatable bonds is 0. The van der Waals surface area contributed by atoms with E-state index in [-0.39, 0.29) is 0 Å². The summed E-state index contributed by atoms with van der Waals surface area (Å²) in [4.78, 5) is 3.41. The van der Waals surface area contributed by atoms with Gasteiger partial charge in [-0.3, -0.25) is 0 Å². The molecule has 0 amide bonds. The lowest BCUT2D eigenvalue weighted by Crippen LogP contribution is -2.26. The molecule has 0 unspecified atom stereocenters. The smallest absolute Gasteiger partial charge is 0.0817 e. The van der Waals surface area contributed by atoms with E-state index in [4.69, 9.17) is 12.2 Å². The zero-order valence-corrected chi connectivity index (χ0v) is 7.53. The fourth-order valence-corrected chi connectivity index (χ4v) is 2.74. The number of likely N-dealkylation sites (tertiary alicyclic amines) is 1. The number of piperidine rings is 1. The fourth-order valence-electron chi connectivity index (χ4n) is 2.20. The highest BCUT2D eigenvalue weighted by Gasteiger charge is 2.64. The number of hydrogen-bond donors (Lipinski definition) is 0. The van der Waals surface area contributed by atoms with Crippen molar-refractivity contribution in [2.75, 3.05) is 13.6 Å². The van der Waals surface area contributed by atoms with Gasteiger partial charge in [-0.2, -0.15) is 0 Å². The molecule has 2 fully saturated rings. The van der Waals surface area contributed by atoms with Crippen LogP contribution in [0, 0.1) is 17.3 Å². The summed E-state index contributed by atoms with van der Waals surface area (Å²) in [7, 11) is 2.10. The lowest BCUT2D eigenvalue weighted by molar-refractivity contribution is 0.424. The van der Waals surface area contributed by atoms with E-state index in [0.29, 0.717) is 5.41 Å². The van der Waals surface area contributed by atoms with Crippen LogP contribution in [0.5, 0.6) is 0 Å². The van der Waals surface area contributed by atoms with E-state index in [0.717, 1.165) is 11.8 Å². The Morgan fingerprint density at radius 3 is 2.50 bits per heavy atom.